The molecule has 3 aromatic rings. The van der Waals surface area contributed by atoms with E-state index in [4.69, 9.17) is 0 Å². The van der Waals surface area contributed by atoms with Crippen LogP contribution in [0, 0.1) is 11.6 Å². The van der Waals surface area contributed by atoms with E-state index in [1.807, 2.05) is 10.8 Å². The van der Waals surface area contributed by atoms with Crippen LogP contribution in [0.2, 0.25) is 0 Å². The molecule has 0 saturated heterocycles. The van der Waals surface area contributed by atoms with E-state index < -0.39 is 40.3 Å². The van der Waals surface area contributed by atoms with Crippen molar-refractivity contribution in [3.05, 3.63) is 59.3 Å². The van der Waals surface area contributed by atoms with Gasteiger partial charge >= 0.3 is 6.18 Å². The van der Waals surface area contributed by atoms with Gasteiger partial charge in [-0.15, -0.1) is 4.72 Å². The smallest absolute Gasteiger partial charge is 0.417 e. The average molecular weight is 468 g/mol. The summed E-state index contributed by atoms with van der Waals surface area (Å²) in [5.41, 5.74) is -0.447. The van der Waals surface area contributed by atoms with Gasteiger partial charge in [0, 0.05) is 52.9 Å². The van der Waals surface area contributed by atoms with Crippen molar-refractivity contribution in [2.75, 3.05) is 0 Å². The number of benzene rings is 2. The van der Waals surface area contributed by atoms with Crippen molar-refractivity contribution in [1.29, 1.82) is 0 Å². The number of nitrogens with zero attached hydrogens (tertiary/aromatic N) is 1. The third-order valence-corrected chi connectivity index (χ3v) is 7.79. The van der Waals surface area contributed by atoms with E-state index in [1.54, 1.807) is 0 Å². The lowest BCUT2D eigenvalue weighted by Crippen LogP contribution is -2.26. The van der Waals surface area contributed by atoms with E-state index in [0.29, 0.717) is 17.0 Å². The summed E-state index contributed by atoms with van der Waals surface area (Å²) >= 11 is -1.16. The van der Waals surface area contributed by atoms with Gasteiger partial charge in [-0.1, -0.05) is 6.07 Å². The average Bonchev–Trinajstić information content (AvgIpc) is 3.49. The van der Waals surface area contributed by atoms with Crippen LogP contribution in [0.3, 0.4) is 0 Å². The number of fused-ring (bicyclic) bond motifs is 1. The van der Waals surface area contributed by atoms with Gasteiger partial charge in [0.2, 0.25) is 0 Å². The number of nitrogens with one attached hydrogen (secondary N) is 1. The van der Waals surface area contributed by atoms with Crippen LogP contribution in [-0.4, -0.2) is 14.4 Å². The van der Waals surface area contributed by atoms with E-state index in [2.05, 4.69) is 4.72 Å². The molecule has 2 aliphatic carbocycles. The quantitative estimate of drug-likeness (QED) is 0.343. The predicted molar refractivity (Wildman–Crippen MR) is 113 cm³/mol. The summed E-state index contributed by atoms with van der Waals surface area (Å²) < 4.78 is 86.5. The Labute approximate surface area is 184 Å². The van der Waals surface area contributed by atoms with E-state index >= 15 is 4.39 Å². The lowest BCUT2D eigenvalue weighted by atomic mass is 9.92. The molecule has 1 N–H and O–H groups in total. The molecule has 0 amide bonds. The topological polar surface area (TPSA) is 40.0 Å². The van der Waals surface area contributed by atoms with Crippen LogP contribution >= 0.6 is 0 Å². The molecule has 0 radical (unpaired) electrons. The fraction of sp³-hybridized carbons (Fsp3) is 0.391. The number of aromatic nitrogens is 1. The van der Waals surface area contributed by atoms with E-state index in [0.717, 1.165) is 49.8 Å². The van der Waals surface area contributed by atoms with Crippen LogP contribution in [0.1, 0.15) is 49.3 Å². The molecule has 1 unspecified atom stereocenters. The molecule has 0 bridgehead atoms. The minimum atomic E-state index is -4.82. The standard InChI is InChI=1S/C23H21F5N2OS/c24-14-4-7-17(20(8-14)23(26,27)28)19-10-22-18(9-21(19)25)13(11-29-32(31)16-5-6-16)12-30(22)15-2-1-3-15/h4,7-10,12,15-16,29H,1-3,5-6,11H2. The van der Waals surface area contributed by atoms with Gasteiger partial charge in [0.05, 0.1) is 12.1 Å². The third kappa shape index (κ3) is 4.02. The monoisotopic (exact) mass is 468 g/mol. The van der Waals surface area contributed by atoms with Gasteiger partial charge in [-0.05, 0) is 54.7 Å². The molecular weight excluding hydrogens is 447 g/mol. The van der Waals surface area contributed by atoms with Crippen molar-refractivity contribution < 1.29 is 26.5 Å². The molecule has 1 atom stereocenters. The maximum atomic E-state index is 15.1. The van der Waals surface area contributed by atoms with Crippen LogP contribution in [0.4, 0.5) is 22.0 Å². The Bertz CT molecular complexity index is 1170. The summed E-state index contributed by atoms with van der Waals surface area (Å²) in [7, 11) is 0. The Morgan fingerprint density at radius 2 is 1.78 bits per heavy atom. The molecule has 0 aliphatic heterocycles. The van der Waals surface area contributed by atoms with E-state index in [1.165, 1.54) is 12.1 Å². The molecule has 1 aromatic heterocycles. The molecule has 2 aromatic carbocycles. The fourth-order valence-electron chi connectivity index (χ4n) is 4.19. The SMILES string of the molecule is [O-][S+](NCc1cn(C2CCC2)c2cc(-c3ccc(F)cc3C(F)(F)F)c(F)cc12)C1CC1. The lowest BCUT2D eigenvalue weighted by Gasteiger charge is -2.28. The first-order valence-electron chi connectivity index (χ1n) is 10.6. The number of rotatable bonds is 6. The van der Waals surface area contributed by atoms with Crippen molar-refractivity contribution in [1.82, 2.24) is 9.29 Å². The molecule has 3 nitrogen and oxygen atoms in total. The summed E-state index contributed by atoms with van der Waals surface area (Å²) in [5, 5.41) is 0.728. The highest BCUT2D eigenvalue weighted by atomic mass is 32.2. The summed E-state index contributed by atoms with van der Waals surface area (Å²) in [5.74, 6) is -1.84. The second kappa shape index (κ2) is 8.04. The first kappa shape index (κ1) is 21.7. The summed E-state index contributed by atoms with van der Waals surface area (Å²) in [6.45, 7) is 0.280. The second-order valence-corrected chi connectivity index (χ2v) is 10.1. The minimum Gasteiger partial charge on any atom is -0.598 e. The summed E-state index contributed by atoms with van der Waals surface area (Å²) in [6, 6.07) is 5.12. The molecule has 2 fully saturated rings. The number of hydrogen-bond donors (Lipinski definition) is 1. The number of hydrogen-bond acceptors (Lipinski definition) is 2. The van der Waals surface area contributed by atoms with Crippen LogP contribution in [0.25, 0.3) is 22.0 Å². The Kier molecular flexibility index (Phi) is 5.46. The maximum Gasteiger partial charge on any atom is 0.417 e. The Morgan fingerprint density at radius 1 is 1.03 bits per heavy atom. The molecule has 5 rings (SSSR count). The number of halogens is 5. The Morgan fingerprint density at radius 3 is 2.41 bits per heavy atom. The van der Waals surface area contributed by atoms with Crippen LogP contribution in [-0.2, 0) is 24.1 Å². The fourth-order valence-corrected chi connectivity index (χ4v) is 5.29. The molecule has 2 aliphatic rings. The molecular formula is C23H21F5N2OS. The van der Waals surface area contributed by atoms with Crippen molar-refractivity contribution in [3.63, 3.8) is 0 Å². The molecule has 1 heterocycles. The van der Waals surface area contributed by atoms with E-state index in [9.17, 15) is 22.1 Å². The first-order chi connectivity index (χ1) is 15.2. The van der Waals surface area contributed by atoms with Crippen molar-refractivity contribution in [3.8, 4) is 11.1 Å². The number of alkyl halides is 3. The molecule has 32 heavy (non-hydrogen) atoms. The van der Waals surface area contributed by atoms with Crippen LogP contribution < -0.4 is 4.72 Å². The second-order valence-electron chi connectivity index (χ2n) is 8.50. The highest BCUT2D eigenvalue weighted by molar-refractivity contribution is 7.90. The van der Waals surface area contributed by atoms with Gasteiger partial charge in [-0.3, -0.25) is 0 Å². The van der Waals surface area contributed by atoms with Gasteiger partial charge in [-0.2, -0.15) is 13.2 Å². The summed E-state index contributed by atoms with van der Waals surface area (Å²) in [6.07, 6.45) is 1.81. The van der Waals surface area contributed by atoms with Crippen molar-refractivity contribution >= 4 is 22.3 Å². The predicted octanol–water partition coefficient (Wildman–Crippen LogP) is 6.25. The first-order valence-corrected chi connectivity index (χ1v) is 11.8. The van der Waals surface area contributed by atoms with Gasteiger partial charge in [0.1, 0.15) is 16.9 Å². The van der Waals surface area contributed by atoms with Gasteiger partial charge in [0.15, 0.2) is 0 Å². The Hall–Kier alpha value is -2.10. The lowest BCUT2D eigenvalue weighted by molar-refractivity contribution is -0.137. The van der Waals surface area contributed by atoms with Crippen LogP contribution in [0.15, 0.2) is 36.5 Å². The maximum absolute atomic E-state index is 15.1. The summed E-state index contributed by atoms with van der Waals surface area (Å²) in [4.78, 5) is 0. The van der Waals surface area contributed by atoms with Gasteiger partial charge in [0.25, 0.3) is 0 Å². The van der Waals surface area contributed by atoms with Crippen molar-refractivity contribution in [2.45, 2.75) is 56.1 Å². The van der Waals surface area contributed by atoms with E-state index in [-0.39, 0.29) is 23.4 Å². The molecule has 170 valence electrons. The zero-order chi connectivity index (χ0) is 22.6. The highest BCUT2D eigenvalue weighted by Gasteiger charge is 2.36. The molecule has 0 spiro atoms. The van der Waals surface area contributed by atoms with Crippen LogP contribution in [0.5, 0.6) is 0 Å². The van der Waals surface area contributed by atoms with Crippen molar-refractivity contribution in [2.24, 2.45) is 0 Å². The zero-order valence-electron chi connectivity index (χ0n) is 17.0. The van der Waals surface area contributed by atoms with Gasteiger partial charge < -0.3 is 9.12 Å². The largest absolute Gasteiger partial charge is 0.598 e. The molecule has 2 saturated carbocycles. The Balaban J connectivity index is 1.61. The van der Waals surface area contributed by atoms with Gasteiger partial charge in [-0.25, -0.2) is 8.78 Å². The highest BCUT2D eigenvalue weighted by Crippen LogP contribution is 2.42. The molecule has 9 heteroatoms. The minimum absolute atomic E-state index is 0.151. The zero-order valence-corrected chi connectivity index (χ0v) is 17.8. The third-order valence-electron chi connectivity index (χ3n) is 6.28. The normalized spacial score (nSPS) is 18.2.